The fourth-order valence-corrected chi connectivity index (χ4v) is 3.50. The third-order valence-electron chi connectivity index (χ3n) is 4.97. The van der Waals surface area contributed by atoms with Gasteiger partial charge in [-0.2, -0.15) is 0 Å². The number of ether oxygens (including phenoxy) is 2. The molecule has 0 bridgehead atoms. The van der Waals surface area contributed by atoms with Crippen LogP contribution in [0.2, 0.25) is 0 Å². The molecule has 0 radical (unpaired) electrons. The summed E-state index contributed by atoms with van der Waals surface area (Å²) in [4.78, 5) is 3.36. The molecule has 2 N–H and O–H groups in total. The fourth-order valence-electron chi connectivity index (χ4n) is 3.50. The Morgan fingerprint density at radius 1 is 0.720 bits per heavy atom. The molecule has 1 aliphatic rings. The SMILES string of the molecule is CCOc1ccc(C[NH+]2CC[NH+](Cc3ccc(OC)cc3)CC2)cc1. The summed E-state index contributed by atoms with van der Waals surface area (Å²) < 4.78 is 10.8. The van der Waals surface area contributed by atoms with Crippen molar-refractivity contribution < 1.29 is 19.3 Å². The van der Waals surface area contributed by atoms with E-state index in [1.54, 1.807) is 16.9 Å². The lowest BCUT2D eigenvalue weighted by atomic mass is 10.1. The minimum absolute atomic E-state index is 0.726. The van der Waals surface area contributed by atoms with Crippen molar-refractivity contribution in [3.8, 4) is 11.5 Å². The van der Waals surface area contributed by atoms with Gasteiger partial charge in [0, 0.05) is 11.1 Å². The monoisotopic (exact) mass is 342 g/mol. The van der Waals surface area contributed by atoms with Crippen molar-refractivity contribution in [3.63, 3.8) is 0 Å². The molecule has 25 heavy (non-hydrogen) atoms. The summed E-state index contributed by atoms with van der Waals surface area (Å²) in [5.74, 6) is 1.90. The van der Waals surface area contributed by atoms with Crippen LogP contribution < -0.4 is 19.3 Å². The molecule has 0 aromatic heterocycles. The fraction of sp³-hybridized carbons (Fsp3) is 0.429. The Hall–Kier alpha value is -2.04. The zero-order chi connectivity index (χ0) is 17.5. The van der Waals surface area contributed by atoms with E-state index in [4.69, 9.17) is 9.47 Å². The Balaban J connectivity index is 1.44. The third kappa shape index (κ3) is 5.21. The van der Waals surface area contributed by atoms with E-state index in [1.807, 2.05) is 6.92 Å². The highest BCUT2D eigenvalue weighted by atomic mass is 16.5. The quantitative estimate of drug-likeness (QED) is 0.770. The Labute approximate surface area is 151 Å². The highest BCUT2D eigenvalue weighted by molar-refractivity contribution is 5.27. The molecule has 4 heteroatoms. The van der Waals surface area contributed by atoms with Gasteiger partial charge in [0.05, 0.1) is 13.7 Å². The summed E-state index contributed by atoms with van der Waals surface area (Å²) in [5, 5.41) is 0. The molecular formula is C21H30N2O2+2. The van der Waals surface area contributed by atoms with Gasteiger partial charge in [0.15, 0.2) is 0 Å². The third-order valence-corrected chi connectivity index (χ3v) is 4.97. The highest BCUT2D eigenvalue weighted by Gasteiger charge is 2.23. The Kier molecular flexibility index (Phi) is 6.31. The summed E-state index contributed by atoms with van der Waals surface area (Å²) in [7, 11) is 1.71. The minimum Gasteiger partial charge on any atom is -0.497 e. The smallest absolute Gasteiger partial charge is 0.127 e. The van der Waals surface area contributed by atoms with Crippen LogP contribution in [0.3, 0.4) is 0 Å². The standard InChI is InChI=1S/C21H28N2O2/c1-3-25-21-10-6-19(7-11-21)17-23-14-12-22(13-15-23)16-18-4-8-20(24-2)9-5-18/h4-11H,3,12-17H2,1-2H3/p+2. The summed E-state index contributed by atoms with van der Waals surface area (Å²) >= 11 is 0. The van der Waals surface area contributed by atoms with E-state index >= 15 is 0 Å². The minimum atomic E-state index is 0.726. The van der Waals surface area contributed by atoms with E-state index in [1.165, 1.54) is 37.3 Å². The molecule has 2 aromatic carbocycles. The second-order valence-electron chi connectivity index (χ2n) is 6.78. The summed E-state index contributed by atoms with van der Waals surface area (Å²) in [6.07, 6.45) is 0. The largest absolute Gasteiger partial charge is 0.497 e. The lowest BCUT2D eigenvalue weighted by Gasteiger charge is -2.29. The maximum absolute atomic E-state index is 5.52. The molecule has 4 nitrogen and oxygen atoms in total. The van der Waals surface area contributed by atoms with E-state index in [0.29, 0.717) is 0 Å². The Morgan fingerprint density at radius 2 is 1.16 bits per heavy atom. The second kappa shape index (κ2) is 8.88. The van der Waals surface area contributed by atoms with Crippen LogP contribution in [0.4, 0.5) is 0 Å². The van der Waals surface area contributed by atoms with E-state index < -0.39 is 0 Å². The molecule has 1 saturated heterocycles. The van der Waals surface area contributed by atoms with E-state index in [2.05, 4.69) is 48.5 Å². The first-order valence-corrected chi connectivity index (χ1v) is 9.28. The zero-order valence-corrected chi connectivity index (χ0v) is 15.4. The van der Waals surface area contributed by atoms with Crippen molar-refractivity contribution in [2.24, 2.45) is 0 Å². The van der Waals surface area contributed by atoms with Crippen molar-refractivity contribution in [2.75, 3.05) is 39.9 Å². The van der Waals surface area contributed by atoms with Gasteiger partial charge in [0.1, 0.15) is 50.8 Å². The summed E-state index contributed by atoms with van der Waals surface area (Å²) in [6, 6.07) is 17.1. The molecule has 0 amide bonds. The Morgan fingerprint density at radius 3 is 1.56 bits per heavy atom. The molecule has 1 aliphatic heterocycles. The molecule has 134 valence electrons. The topological polar surface area (TPSA) is 27.3 Å². The molecule has 1 fully saturated rings. The van der Waals surface area contributed by atoms with Crippen LogP contribution in [0.25, 0.3) is 0 Å². The molecule has 0 aliphatic carbocycles. The maximum Gasteiger partial charge on any atom is 0.127 e. The summed E-state index contributed by atoms with van der Waals surface area (Å²) in [5.41, 5.74) is 2.79. The average Bonchev–Trinajstić information content (AvgIpc) is 2.66. The van der Waals surface area contributed by atoms with Gasteiger partial charge in [-0.15, -0.1) is 0 Å². The van der Waals surface area contributed by atoms with Gasteiger partial charge in [-0.3, -0.25) is 0 Å². The molecule has 0 atom stereocenters. The van der Waals surface area contributed by atoms with Crippen LogP contribution in [0.1, 0.15) is 18.1 Å². The Bertz CT molecular complexity index is 632. The molecule has 0 saturated carbocycles. The summed E-state index contributed by atoms with van der Waals surface area (Å²) in [6.45, 7) is 9.91. The number of methoxy groups -OCH3 is 1. The molecule has 1 heterocycles. The van der Waals surface area contributed by atoms with Crippen LogP contribution in [0, 0.1) is 0 Å². The number of benzene rings is 2. The highest BCUT2D eigenvalue weighted by Crippen LogP contribution is 2.11. The molecule has 0 unspecified atom stereocenters. The maximum atomic E-state index is 5.52. The molecular weight excluding hydrogens is 312 g/mol. The zero-order valence-electron chi connectivity index (χ0n) is 15.4. The van der Waals surface area contributed by atoms with E-state index in [-0.39, 0.29) is 0 Å². The number of rotatable bonds is 7. The van der Waals surface area contributed by atoms with Crippen LogP contribution in [0.15, 0.2) is 48.5 Å². The first kappa shape index (κ1) is 17.8. The lowest BCUT2D eigenvalue weighted by Crippen LogP contribution is -3.27. The van der Waals surface area contributed by atoms with Crippen molar-refractivity contribution in [1.29, 1.82) is 0 Å². The van der Waals surface area contributed by atoms with Crippen LogP contribution in [0.5, 0.6) is 11.5 Å². The van der Waals surface area contributed by atoms with Gasteiger partial charge in [-0.05, 0) is 55.5 Å². The van der Waals surface area contributed by atoms with Gasteiger partial charge in [0.2, 0.25) is 0 Å². The number of quaternary nitrogens is 2. The van der Waals surface area contributed by atoms with Crippen LogP contribution >= 0.6 is 0 Å². The normalized spacial score (nSPS) is 20.2. The number of hydrogen-bond acceptors (Lipinski definition) is 2. The number of nitrogens with one attached hydrogen (secondary N) is 2. The van der Waals surface area contributed by atoms with Crippen molar-refractivity contribution in [1.82, 2.24) is 0 Å². The average molecular weight is 342 g/mol. The van der Waals surface area contributed by atoms with Gasteiger partial charge in [-0.1, -0.05) is 0 Å². The molecule has 3 rings (SSSR count). The number of hydrogen-bond donors (Lipinski definition) is 2. The van der Waals surface area contributed by atoms with Crippen molar-refractivity contribution in [2.45, 2.75) is 20.0 Å². The molecule has 0 spiro atoms. The van der Waals surface area contributed by atoms with Gasteiger partial charge < -0.3 is 19.3 Å². The first-order chi connectivity index (χ1) is 12.3. The predicted molar refractivity (Wildman–Crippen MR) is 99.4 cm³/mol. The first-order valence-electron chi connectivity index (χ1n) is 9.28. The number of piperazine rings is 1. The molecule has 2 aromatic rings. The van der Waals surface area contributed by atoms with Crippen LogP contribution in [-0.4, -0.2) is 39.9 Å². The van der Waals surface area contributed by atoms with Crippen LogP contribution in [-0.2, 0) is 13.1 Å². The van der Waals surface area contributed by atoms with Crippen molar-refractivity contribution >= 4 is 0 Å². The van der Waals surface area contributed by atoms with E-state index in [9.17, 15) is 0 Å². The van der Waals surface area contributed by atoms with Gasteiger partial charge in [0.25, 0.3) is 0 Å². The van der Waals surface area contributed by atoms with Crippen molar-refractivity contribution in [3.05, 3.63) is 59.7 Å². The van der Waals surface area contributed by atoms with Gasteiger partial charge >= 0.3 is 0 Å². The predicted octanol–water partition coefficient (Wildman–Crippen LogP) is 0.578. The second-order valence-corrected chi connectivity index (χ2v) is 6.78. The lowest BCUT2D eigenvalue weighted by molar-refractivity contribution is -1.02. The van der Waals surface area contributed by atoms with E-state index in [0.717, 1.165) is 31.2 Å². The van der Waals surface area contributed by atoms with Gasteiger partial charge in [-0.25, -0.2) is 0 Å².